The molecule has 0 heterocycles. The van der Waals surface area contributed by atoms with Gasteiger partial charge in [0.05, 0.1) is 5.60 Å². The third kappa shape index (κ3) is 3.29. The van der Waals surface area contributed by atoms with Crippen molar-refractivity contribution in [3.05, 3.63) is 35.1 Å². The highest BCUT2D eigenvalue weighted by atomic mass is 19.1. The summed E-state index contributed by atoms with van der Waals surface area (Å²) in [4.78, 5) is 0. The van der Waals surface area contributed by atoms with E-state index in [-0.39, 0.29) is 5.82 Å². The molecule has 0 aliphatic rings. The lowest BCUT2D eigenvalue weighted by Gasteiger charge is -2.27. The van der Waals surface area contributed by atoms with Gasteiger partial charge in [0.1, 0.15) is 5.82 Å². The zero-order valence-electron chi connectivity index (χ0n) is 10.3. The van der Waals surface area contributed by atoms with Crippen molar-refractivity contribution in [3.8, 4) is 0 Å². The lowest BCUT2D eigenvalue weighted by atomic mass is 9.91. The van der Waals surface area contributed by atoms with E-state index in [2.05, 4.69) is 5.32 Å². The number of nitrogens with one attached hydrogen (secondary N) is 1. The number of benzene rings is 1. The van der Waals surface area contributed by atoms with Crippen molar-refractivity contribution < 1.29 is 9.50 Å². The van der Waals surface area contributed by atoms with Crippen LogP contribution in [0.3, 0.4) is 0 Å². The molecule has 16 heavy (non-hydrogen) atoms. The van der Waals surface area contributed by atoms with E-state index in [1.54, 1.807) is 13.0 Å². The van der Waals surface area contributed by atoms with Gasteiger partial charge in [0.2, 0.25) is 0 Å². The molecule has 1 aromatic carbocycles. The monoisotopic (exact) mass is 225 g/mol. The van der Waals surface area contributed by atoms with E-state index in [9.17, 15) is 9.50 Å². The van der Waals surface area contributed by atoms with Crippen LogP contribution in [0.5, 0.6) is 0 Å². The Morgan fingerprint density at radius 3 is 2.56 bits per heavy atom. The molecule has 0 spiro atoms. The first kappa shape index (κ1) is 13.1. The summed E-state index contributed by atoms with van der Waals surface area (Å²) in [5.74, 6) is -0.270. The van der Waals surface area contributed by atoms with Gasteiger partial charge in [-0.1, -0.05) is 19.9 Å². The van der Waals surface area contributed by atoms with Crippen molar-refractivity contribution in [2.45, 2.75) is 39.3 Å². The van der Waals surface area contributed by atoms with Gasteiger partial charge in [-0.3, -0.25) is 0 Å². The van der Waals surface area contributed by atoms with Crippen LogP contribution >= 0.6 is 0 Å². The molecule has 1 rings (SSSR count). The van der Waals surface area contributed by atoms with Gasteiger partial charge in [-0.2, -0.15) is 0 Å². The van der Waals surface area contributed by atoms with Crippen molar-refractivity contribution in [3.63, 3.8) is 0 Å². The van der Waals surface area contributed by atoms with Gasteiger partial charge in [-0.15, -0.1) is 0 Å². The molecule has 0 bridgehead atoms. The van der Waals surface area contributed by atoms with E-state index in [1.807, 2.05) is 20.8 Å². The van der Waals surface area contributed by atoms with E-state index in [0.717, 1.165) is 11.1 Å². The number of aliphatic hydroxyl groups is 1. The van der Waals surface area contributed by atoms with Crippen molar-refractivity contribution in [2.24, 2.45) is 0 Å². The van der Waals surface area contributed by atoms with Crippen LogP contribution in [0.1, 0.15) is 31.9 Å². The predicted molar refractivity (Wildman–Crippen MR) is 63.8 cm³/mol. The largest absolute Gasteiger partial charge is 0.384 e. The number of hydrogen-bond acceptors (Lipinski definition) is 2. The SMILES string of the molecule is Cc1cc(F)ccc1C(C)(O)CNC(C)C. The summed E-state index contributed by atoms with van der Waals surface area (Å²) in [5, 5.41) is 13.5. The second-order valence-electron chi connectivity index (χ2n) is 4.77. The highest BCUT2D eigenvalue weighted by molar-refractivity contribution is 5.31. The van der Waals surface area contributed by atoms with E-state index in [1.165, 1.54) is 12.1 Å². The lowest BCUT2D eigenvalue weighted by molar-refractivity contribution is 0.0542. The second-order valence-corrected chi connectivity index (χ2v) is 4.77. The lowest BCUT2D eigenvalue weighted by Crippen LogP contribution is -2.39. The zero-order valence-corrected chi connectivity index (χ0v) is 10.3. The van der Waals surface area contributed by atoms with E-state index >= 15 is 0 Å². The molecule has 1 unspecified atom stereocenters. The van der Waals surface area contributed by atoms with Crippen LogP contribution in [-0.4, -0.2) is 17.7 Å². The summed E-state index contributed by atoms with van der Waals surface area (Å²) in [6.07, 6.45) is 0. The number of rotatable bonds is 4. The van der Waals surface area contributed by atoms with Gasteiger partial charge in [0.25, 0.3) is 0 Å². The Morgan fingerprint density at radius 1 is 1.44 bits per heavy atom. The summed E-state index contributed by atoms with van der Waals surface area (Å²) in [6, 6.07) is 4.78. The minimum Gasteiger partial charge on any atom is -0.384 e. The van der Waals surface area contributed by atoms with Crippen LogP contribution in [-0.2, 0) is 5.60 Å². The highest BCUT2D eigenvalue weighted by Crippen LogP contribution is 2.24. The normalized spacial score (nSPS) is 15.2. The summed E-state index contributed by atoms with van der Waals surface area (Å²) in [6.45, 7) is 8.04. The Morgan fingerprint density at radius 2 is 2.06 bits per heavy atom. The van der Waals surface area contributed by atoms with Crippen molar-refractivity contribution in [1.29, 1.82) is 0 Å². The molecule has 3 heteroatoms. The standard InChI is InChI=1S/C13H20FNO/c1-9(2)15-8-13(4,16)12-6-5-11(14)7-10(12)3/h5-7,9,15-16H,8H2,1-4H3. The zero-order chi connectivity index (χ0) is 12.3. The fourth-order valence-corrected chi connectivity index (χ4v) is 1.73. The Kier molecular flexibility index (Phi) is 4.05. The molecule has 2 N–H and O–H groups in total. The third-order valence-corrected chi connectivity index (χ3v) is 2.62. The van der Waals surface area contributed by atoms with Gasteiger partial charge in [-0.25, -0.2) is 4.39 Å². The number of hydrogen-bond donors (Lipinski definition) is 2. The molecule has 1 aromatic rings. The molecular weight excluding hydrogens is 205 g/mol. The minimum atomic E-state index is -0.970. The molecule has 2 nitrogen and oxygen atoms in total. The van der Waals surface area contributed by atoms with Gasteiger partial charge in [-0.05, 0) is 37.1 Å². The summed E-state index contributed by atoms with van der Waals surface area (Å²) >= 11 is 0. The number of halogens is 1. The molecule has 90 valence electrons. The summed E-state index contributed by atoms with van der Waals surface area (Å²) < 4.78 is 13.0. The Bertz CT molecular complexity index is 361. The molecule has 0 radical (unpaired) electrons. The van der Waals surface area contributed by atoms with Crippen LogP contribution in [0.2, 0.25) is 0 Å². The summed E-state index contributed by atoms with van der Waals surface area (Å²) in [5.41, 5.74) is 0.569. The molecule has 0 amide bonds. The fourth-order valence-electron chi connectivity index (χ4n) is 1.73. The topological polar surface area (TPSA) is 32.3 Å². The quantitative estimate of drug-likeness (QED) is 0.824. The average molecular weight is 225 g/mol. The average Bonchev–Trinajstić information content (AvgIpc) is 2.14. The highest BCUT2D eigenvalue weighted by Gasteiger charge is 2.24. The second kappa shape index (κ2) is 4.93. The summed E-state index contributed by atoms with van der Waals surface area (Å²) in [7, 11) is 0. The van der Waals surface area contributed by atoms with E-state index < -0.39 is 5.60 Å². The van der Waals surface area contributed by atoms with Gasteiger partial charge >= 0.3 is 0 Å². The predicted octanol–water partition coefficient (Wildman–Crippen LogP) is 2.34. The van der Waals surface area contributed by atoms with Crippen LogP contribution in [0.4, 0.5) is 4.39 Å². The molecule has 0 aliphatic heterocycles. The maximum absolute atomic E-state index is 13.0. The molecule has 0 aliphatic carbocycles. The van der Waals surface area contributed by atoms with Crippen LogP contribution < -0.4 is 5.32 Å². The van der Waals surface area contributed by atoms with Crippen LogP contribution in [0, 0.1) is 12.7 Å². The smallest absolute Gasteiger partial charge is 0.123 e. The Hall–Kier alpha value is -0.930. The maximum atomic E-state index is 13.0. The van der Waals surface area contributed by atoms with Crippen molar-refractivity contribution in [2.75, 3.05) is 6.54 Å². The molecule has 0 saturated carbocycles. The number of aryl methyl sites for hydroxylation is 1. The van der Waals surface area contributed by atoms with E-state index in [4.69, 9.17) is 0 Å². The Labute approximate surface area is 96.5 Å². The molecule has 1 atom stereocenters. The van der Waals surface area contributed by atoms with Crippen LogP contribution in [0.25, 0.3) is 0 Å². The van der Waals surface area contributed by atoms with Gasteiger partial charge < -0.3 is 10.4 Å². The minimum absolute atomic E-state index is 0.270. The molecular formula is C13H20FNO. The third-order valence-electron chi connectivity index (χ3n) is 2.62. The fraction of sp³-hybridized carbons (Fsp3) is 0.538. The Balaban J connectivity index is 2.88. The molecule has 0 aromatic heterocycles. The van der Waals surface area contributed by atoms with E-state index in [0.29, 0.717) is 12.6 Å². The van der Waals surface area contributed by atoms with Crippen molar-refractivity contribution in [1.82, 2.24) is 5.32 Å². The van der Waals surface area contributed by atoms with Gasteiger partial charge in [0, 0.05) is 12.6 Å². The van der Waals surface area contributed by atoms with Crippen molar-refractivity contribution >= 4 is 0 Å². The first-order valence-corrected chi connectivity index (χ1v) is 5.55. The van der Waals surface area contributed by atoms with Gasteiger partial charge in [0.15, 0.2) is 0 Å². The first-order valence-electron chi connectivity index (χ1n) is 5.55. The van der Waals surface area contributed by atoms with Crippen LogP contribution in [0.15, 0.2) is 18.2 Å². The maximum Gasteiger partial charge on any atom is 0.123 e. The molecule has 0 saturated heterocycles. The first-order chi connectivity index (χ1) is 7.33. The molecule has 0 fully saturated rings.